The van der Waals surface area contributed by atoms with Crippen molar-refractivity contribution >= 4 is 23.2 Å². The van der Waals surface area contributed by atoms with Gasteiger partial charge >= 0.3 is 0 Å². The molecule has 2 rings (SSSR count). The molecule has 1 aliphatic rings. The molecular weight excluding hydrogens is 274 g/mol. The predicted octanol–water partition coefficient (Wildman–Crippen LogP) is 2.84. The molecule has 0 amide bonds. The Bertz CT molecular complexity index is 393. The lowest BCUT2D eigenvalue weighted by Crippen LogP contribution is -2.46. The van der Waals surface area contributed by atoms with Gasteiger partial charge in [-0.3, -0.25) is 9.80 Å². The second kappa shape index (κ2) is 6.71. The number of benzene rings is 1. The number of hydrogen-bond donors (Lipinski definition) is 0. The zero-order valence-electron chi connectivity index (χ0n) is 10.2. The highest BCUT2D eigenvalue weighted by atomic mass is 35.5. The van der Waals surface area contributed by atoms with Crippen LogP contribution < -0.4 is 0 Å². The smallest absolute Gasteiger partial charge is 0.142 e. The molecule has 1 saturated heterocycles. The van der Waals surface area contributed by atoms with Gasteiger partial charge in [0.2, 0.25) is 0 Å². The first-order chi connectivity index (χ1) is 8.69. The summed E-state index contributed by atoms with van der Waals surface area (Å²) in [5.74, 6) is 0.345. The summed E-state index contributed by atoms with van der Waals surface area (Å²) in [6.45, 7) is 5.79. The standard InChI is InChI=1S/C13H17Cl2FN2/c14-3-4-17-5-7-18(8-6-17)10-11-1-2-12(15)13(16)9-11/h1-2,9H,3-8,10H2. The van der Waals surface area contributed by atoms with E-state index in [2.05, 4.69) is 9.80 Å². The van der Waals surface area contributed by atoms with Crippen LogP contribution in [0.2, 0.25) is 5.02 Å². The van der Waals surface area contributed by atoms with E-state index >= 15 is 0 Å². The molecule has 1 aliphatic heterocycles. The Hall–Kier alpha value is -0.350. The minimum Gasteiger partial charge on any atom is -0.300 e. The lowest BCUT2D eigenvalue weighted by atomic mass is 10.2. The molecule has 1 heterocycles. The molecule has 100 valence electrons. The van der Waals surface area contributed by atoms with E-state index in [9.17, 15) is 4.39 Å². The van der Waals surface area contributed by atoms with Crippen molar-refractivity contribution in [3.8, 4) is 0 Å². The summed E-state index contributed by atoms with van der Waals surface area (Å²) in [7, 11) is 0. The lowest BCUT2D eigenvalue weighted by molar-refractivity contribution is 0.132. The third kappa shape index (κ3) is 3.82. The molecule has 0 saturated carbocycles. The molecule has 0 atom stereocenters. The molecule has 2 nitrogen and oxygen atoms in total. The minimum atomic E-state index is -0.338. The van der Waals surface area contributed by atoms with Crippen LogP contribution in [0.1, 0.15) is 5.56 Å². The summed E-state index contributed by atoms with van der Waals surface area (Å²) in [6.07, 6.45) is 0. The number of halogens is 3. The van der Waals surface area contributed by atoms with Crippen LogP contribution in [0.15, 0.2) is 18.2 Å². The third-order valence-electron chi connectivity index (χ3n) is 3.26. The number of alkyl halides is 1. The molecule has 0 bridgehead atoms. The van der Waals surface area contributed by atoms with Gasteiger partial charge in [0.1, 0.15) is 5.82 Å². The zero-order chi connectivity index (χ0) is 13.0. The fraction of sp³-hybridized carbons (Fsp3) is 0.538. The predicted molar refractivity (Wildman–Crippen MR) is 73.8 cm³/mol. The highest BCUT2D eigenvalue weighted by Gasteiger charge is 2.16. The van der Waals surface area contributed by atoms with Crippen LogP contribution in [-0.2, 0) is 6.54 Å². The summed E-state index contributed by atoms with van der Waals surface area (Å²) in [6, 6.07) is 5.03. The summed E-state index contributed by atoms with van der Waals surface area (Å²) in [5.41, 5.74) is 0.975. The Morgan fingerprint density at radius 3 is 2.39 bits per heavy atom. The van der Waals surface area contributed by atoms with Crippen LogP contribution in [0, 0.1) is 5.82 Å². The molecule has 1 fully saturated rings. The molecule has 0 N–H and O–H groups in total. The Balaban J connectivity index is 1.85. The Morgan fingerprint density at radius 2 is 1.78 bits per heavy atom. The molecule has 0 unspecified atom stereocenters. The van der Waals surface area contributed by atoms with Crippen LogP contribution in [0.5, 0.6) is 0 Å². The fourth-order valence-corrected chi connectivity index (χ4v) is 2.54. The molecule has 0 aliphatic carbocycles. The van der Waals surface area contributed by atoms with Gasteiger partial charge in [0.05, 0.1) is 5.02 Å². The van der Waals surface area contributed by atoms with E-state index in [-0.39, 0.29) is 10.8 Å². The first-order valence-corrected chi connectivity index (χ1v) is 7.05. The number of nitrogens with zero attached hydrogens (tertiary/aromatic N) is 2. The van der Waals surface area contributed by atoms with Crippen LogP contribution >= 0.6 is 23.2 Å². The molecule has 1 aromatic rings. The van der Waals surface area contributed by atoms with Crippen LogP contribution in [0.4, 0.5) is 4.39 Å². The van der Waals surface area contributed by atoms with Crippen molar-refractivity contribution in [3.05, 3.63) is 34.6 Å². The molecule has 18 heavy (non-hydrogen) atoms. The average Bonchev–Trinajstić information content (AvgIpc) is 2.37. The van der Waals surface area contributed by atoms with Gasteiger partial charge in [0.25, 0.3) is 0 Å². The molecule has 1 aromatic carbocycles. The van der Waals surface area contributed by atoms with Gasteiger partial charge in [-0.15, -0.1) is 11.6 Å². The maximum Gasteiger partial charge on any atom is 0.142 e. The number of rotatable bonds is 4. The quantitative estimate of drug-likeness (QED) is 0.787. The van der Waals surface area contributed by atoms with E-state index in [1.165, 1.54) is 6.07 Å². The molecule has 0 radical (unpaired) electrons. The largest absolute Gasteiger partial charge is 0.300 e. The molecule has 5 heteroatoms. The van der Waals surface area contributed by atoms with E-state index < -0.39 is 0 Å². The Morgan fingerprint density at radius 1 is 1.11 bits per heavy atom. The maximum atomic E-state index is 13.3. The van der Waals surface area contributed by atoms with E-state index in [1.54, 1.807) is 6.07 Å². The van der Waals surface area contributed by atoms with Crippen molar-refractivity contribution in [3.63, 3.8) is 0 Å². The summed E-state index contributed by atoms with van der Waals surface area (Å²) in [4.78, 5) is 4.68. The molecule has 0 aromatic heterocycles. The van der Waals surface area contributed by atoms with E-state index in [0.717, 1.165) is 44.8 Å². The molecule has 0 spiro atoms. The second-order valence-corrected chi connectivity index (χ2v) is 5.34. The van der Waals surface area contributed by atoms with Crippen molar-refractivity contribution in [2.24, 2.45) is 0 Å². The van der Waals surface area contributed by atoms with Crippen molar-refractivity contribution in [2.45, 2.75) is 6.54 Å². The first-order valence-electron chi connectivity index (χ1n) is 6.13. The normalized spacial score (nSPS) is 18.2. The van der Waals surface area contributed by atoms with Crippen LogP contribution in [-0.4, -0.2) is 48.4 Å². The second-order valence-electron chi connectivity index (χ2n) is 4.56. The van der Waals surface area contributed by atoms with Crippen molar-refractivity contribution in [2.75, 3.05) is 38.6 Å². The maximum absolute atomic E-state index is 13.3. The van der Waals surface area contributed by atoms with Gasteiger partial charge in [-0.05, 0) is 17.7 Å². The van der Waals surface area contributed by atoms with Crippen molar-refractivity contribution in [1.82, 2.24) is 9.80 Å². The summed E-state index contributed by atoms with van der Waals surface area (Å²) in [5, 5.41) is 0.186. The van der Waals surface area contributed by atoms with Gasteiger partial charge in [-0.2, -0.15) is 0 Å². The summed E-state index contributed by atoms with van der Waals surface area (Å²) < 4.78 is 13.3. The fourth-order valence-electron chi connectivity index (χ4n) is 2.19. The number of piperazine rings is 1. The van der Waals surface area contributed by atoms with Crippen LogP contribution in [0.25, 0.3) is 0 Å². The summed E-state index contributed by atoms with van der Waals surface area (Å²) >= 11 is 11.4. The van der Waals surface area contributed by atoms with Gasteiger partial charge in [0.15, 0.2) is 0 Å². The van der Waals surface area contributed by atoms with E-state index in [1.807, 2.05) is 6.07 Å². The highest BCUT2D eigenvalue weighted by molar-refractivity contribution is 6.30. The first kappa shape index (κ1) is 14.1. The van der Waals surface area contributed by atoms with Crippen LogP contribution in [0.3, 0.4) is 0 Å². The van der Waals surface area contributed by atoms with Gasteiger partial charge in [0, 0.05) is 45.1 Å². The molecular formula is C13H17Cl2FN2. The van der Waals surface area contributed by atoms with E-state index in [0.29, 0.717) is 5.88 Å². The lowest BCUT2D eigenvalue weighted by Gasteiger charge is -2.34. The highest BCUT2D eigenvalue weighted by Crippen LogP contribution is 2.17. The van der Waals surface area contributed by atoms with Gasteiger partial charge < -0.3 is 0 Å². The van der Waals surface area contributed by atoms with E-state index in [4.69, 9.17) is 23.2 Å². The van der Waals surface area contributed by atoms with Crippen molar-refractivity contribution < 1.29 is 4.39 Å². The topological polar surface area (TPSA) is 6.48 Å². The zero-order valence-corrected chi connectivity index (χ0v) is 11.7. The van der Waals surface area contributed by atoms with Gasteiger partial charge in [-0.1, -0.05) is 17.7 Å². The monoisotopic (exact) mass is 290 g/mol. The minimum absolute atomic E-state index is 0.186. The third-order valence-corrected chi connectivity index (χ3v) is 3.73. The Kier molecular flexibility index (Phi) is 5.25. The number of hydrogen-bond acceptors (Lipinski definition) is 2. The SMILES string of the molecule is Fc1cc(CN2CCN(CCCl)CC2)ccc1Cl. The Labute approximate surface area is 117 Å². The average molecular weight is 291 g/mol. The van der Waals surface area contributed by atoms with Crippen molar-refractivity contribution in [1.29, 1.82) is 0 Å². The van der Waals surface area contributed by atoms with Gasteiger partial charge in [-0.25, -0.2) is 4.39 Å².